The number of benzene rings is 1. The van der Waals surface area contributed by atoms with Gasteiger partial charge in [0, 0.05) is 25.1 Å². The quantitative estimate of drug-likeness (QED) is 0.636. The number of amides is 2. The number of aliphatic hydroxyl groups excluding tert-OH is 1. The van der Waals surface area contributed by atoms with Gasteiger partial charge in [0.1, 0.15) is 5.82 Å². The largest absolute Gasteiger partial charge is 0.391 e. The molecular weight excluding hydrogens is 311 g/mol. The number of hydrogen-bond donors (Lipinski definition) is 3. The van der Waals surface area contributed by atoms with Gasteiger partial charge in [-0.25, -0.2) is 4.39 Å². The molecule has 24 heavy (non-hydrogen) atoms. The van der Waals surface area contributed by atoms with E-state index in [1.54, 1.807) is 0 Å². The molecule has 1 saturated carbocycles. The molecule has 1 aliphatic rings. The van der Waals surface area contributed by atoms with E-state index < -0.39 is 6.10 Å². The van der Waals surface area contributed by atoms with Gasteiger partial charge in [-0.15, -0.1) is 0 Å². The minimum Gasteiger partial charge on any atom is -0.391 e. The molecule has 5 nitrogen and oxygen atoms in total. The lowest BCUT2D eigenvalue weighted by Crippen LogP contribution is -2.36. The van der Waals surface area contributed by atoms with Crippen molar-refractivity contribution in [1.82, 2.24) is 10.6 Å². The molecule has 1 atom stereocenters. The van der Waals surface area contributed by atoms with Crippen molar-refractivity contribution < 1.29 is 19.1 Å². The minimum absolute atomic E-state index is 0.122. The zero-order valence-electron chi connectivity index (χ0n) is 13.8. The Balaban J connectivity index is 1.57. The predicted octanol–water partition coefficient (Wildman–Crippen LogP) is 2.00. The molecular formula is C18H25FN2O3. The third kappa shape index (κ3) is 5.92. The van der Waals surface area contributed by atoms with Crippen LogP contribution in [0.4, 0.5) is 4.39 Å². The molecule has 0 heterocycles. The number of nitrogens with one attached hydrogen (secondary N) is 2. The van der Waals surface area contributed by atoms with Crippen LogP contribution in [-0.2, 0) is 4.79 Å². The lowest BCUT2D eigenvalue weighted by Gasteiger charge is -2.18. The lowest BCUT2D eigenvalue weighted by molar-refractivity contribution is -0.121. The second-order valence-electron chi connectivity index (χ2n) is 6.28. The predicted molar refractivity (Wildman–Crippen MR) is 88.9 cm³/mol. The van der Waals surface area contributed by atoms with Gasteiger partial charge >= 0.3 is 0 Å². The van der Waals surface area contributed by atoms with E-state index in [4.69, 9.17) is 0 Å². The SMILES string of the molecule is O=C(CCCNC(=O)c1ccc(F)cc1)NCC(O)C1CCCC1. The van der Waals surface area contributed by atoms with Crippen molar-refractivity contribution in [3.05, 3.63) is 35.6 Å². The molecule has 0 aliphatic heterocycles. The fourth-order valence-corrected chi connectivity index (χ4v) is 2.97. The summed E-state index contributed by atoms with van der Waals surface area (Å²) in [5.74, 6) is -0.488. The Morgan fingerprint density at radius 3 is 2.50 bits per heavy atom. The Morgan fingerprint density at radius 2 is 1.83 bits per heavy atom. The summed E-state index contributed by atoms with van der Waals surface area (Å²) in [5, 5.41) is 15.4. The van der Waals surface area contributed by atoms with E-state index in [0.29, 0.717) is 37.4 Å². The van der Waals surface area contributed by atoms with E-state index in [-0.39, 0.29) is 17.6 Å². The molecule has 0 aromatic heterocycles. The van der Waals surface area contributed by atoms with Crippen molar-refractivity contribution in [2.24, 2.45) is 5.92 Å². The van der Waals surface area contributed by atoms with Crippen molar-refractivity contribution in [2.75, 3.05) is 13.1 Å². The topological polar surface area (TPSA) is 78.4 Å². The van der Waals surface area contributed by atoms with E-state index in [0.717, 1.165) is 25.7 Å². The summed E-state index contributed by atoms with van der Waals surface area (Å²) in [6.07, 6.45) is 4.72. The summed E-state index contributed by atoms with van der Waals surface area (Å²) in [6.45, 7) is 0.667. The van der Waals surface area contributed by atoms with Crippen molar-refractivity contribution in [1.29, 1.82) is 0 Å². The Kier molecular flexibility index (Phi) is 7.18. The molecule has 1 fully saturated rings. The molecule has 3 N–H and O–H groups in total. The lowest BCUT2D eigenvalue weighted by atomic mass is 10.0. The highest BCUT2D eigenvalue weighted by Crippen LogP contribution is 2.27. The number of rotatable bonds is 8. The van der Waals surface area contributed by atoms with Crippen LogP contribution in [0.25, 0.3) is 0 Å². The monoisotopic (exact) mass is 336 g/mol. The molecule has 6 heteroatoms. The first-order chi connectivity index (χ1) is 11.6. The van der Waals surface area contributed by atoms with E-state index >= 15 is 0 Å². The van der Waals surface area contributed by atoms with E-state index in [1.165, 1.54) is 24.3 Å². The normalized spacial score (nSPS) is 15.9. The Morgan fingerprint density at radius 1 is 1.17 bits per heavy atom. The molecule has 0 spiro atoms. The molecule has 2 rings (SSSR count). The second-order valence-corrected chi connectivity index (χ2v) is 6.28. The van der Waals surface area contributed by atoms with Gasteiger partial charge in [-0.2, -0.15) is 0 Å². The third-order valence-electron chi connectivity index (χ3n) is 4.42. The van der Waals surface area contributed by atoms with Gasteiger partial charge in [0.2, 0.25) is 5.91 Å². The first-order valence-corrected chi connectivity index (χ1v) is 8.55. The highest BCUT2D eigenvalue weighted by Gasteiger charge is 2.23. The minimum atomic E-state index is -0.463. The van der Waals surface area contributed by atoms with Gasteiger partial charge in [0.15, 0.2) is 0 Å². The number of carbonyl (C=O) groups is 2. The van der Waals surface area contributed by atoms with Crippen LogP contribution in [0.5, 0.6) is 0 Å². The maximum atomic E-state index is 12.8. The first-order valence-electron chi connectivity index (χ1n) is 8.55. The smallest absolute Gasteiger partial charge is 0.251 e. The van der Waals surface area contributed by atoms with Crippen LogP contribution in [0.2, 0.25) is 0 Å². The molecule has 0 bridgehead atoms. The molecule has 1 aliphatic carbocycles. The number of carbonyl (C=O) groups excluding carboxylic acids is 2. The van der Waals surface area contributed by atoms with Crippen LogP contribution in [-0.4, -0.2) is 36.1 Å². The van der Waals surface area contributed by atoms with Gasteiger partial charge in [0.25, 0.3) is 5.91 Å². The average Bonchev–Trinajstić information content (AvgIpc) is 3.11. The van der Waals surface area contributed by atoms with Gasteiger partial charge in [-0.3, -0.25) is 9.59 Å². The van der Waals surface area contributed by atoms with Crippen molar-refractivity contribution in [2.45, 2.75) is 44.6 Å². The summed E-state index contributed by atoms with van der Waals surface area (Å²) in [6, 6.07) is 5.31. The number of hydrogen-bond acceptors (Lipinski definition) is 3. The second kappa shape index (κ2) is 9.37. The van der Waals surface area contributed by atoms with Gasteiger partial charge in [-0.1, -0.05) is 12.8 Å². The Labute approximate surface area is 141 Å². The summed E-state index contributed by atoms with van der Waals surface area (Å²) >= 11 is 0. The molecule has 1 aromatic rings. The van der Waals surface area contributed by atoms with Crippen LogP contribution in [0.3, 0.4) is 0 Å². The van der Waals surface area contributed by atoms with Crippen LogP contribution in [0.1, 0.15) is 48.9 Å². The zero-order valence-corrected chi connectivity index (χ0v) is 13.8. The highest BCUT2D eigenvalue weighted by atomic mass is 19.1. The fraction of sp³-hybridized carbons (Fsp3) is 0.556. The summed E-state index contributed by atoms with van der Waals surface area (Å²) < 4.78 is 12.8. The Hall–Kier alpha value is -1.95. The number of aliphatic hydroxyl groups is 1. The number of halogens is 1. The average molecular weight is 336 g/mol. The molecule has 132 valence electrons. The summed E-state index contributed by atoms with van der Waals surface area (Å²) in [5.41, 5.74) is 0.389. The molecule has 0 radical (unpaired) electrons. The van der Waals surface area contributed by atoms with Gasteiger partial charge in [0.05, 0.1) is 6.10 Å². The van der Waals surface area contributed by atoms with Crippen LogP contribution in [0, 0.1) is 11.7 Å². The molecule has 1 unspecified atom stereocenters. The van der Waals surface area contributed by atoms with Crippen molar-refractivity contribution in [3.8, 4) is 0 Å². The van der Waals surface area contributed by atoms with Crippen LogP contribution < -0.4 is 10.6 Å². The van der Waals surface area contributed by atoms with Crippen molar-refractivity contribution in [3.63, 3.8) is 0 Å². The van der Waals surface area contributed by atoms with E-state index in [1.807, 2.05) is 0 Å². The summed E-state index contributed by atoms with van der Waals surface area (Å²) in [4.78, 5) is 23.5. The fourth-order valence-electron chi connectivity index (χ4n) is 2.97. The maximum Gasteiger partial charge on any atom is 0.251 e. The maximum absolute atomic E-state index is 12.8. The first kappa shape index (κ1) is 18.4. The molecule has 2 amide bonds. The standard InChI is InChI=1S/C18H25FN2O3/c19-15-9-7-14(8-10-15)18(24)20-11-3-6-17(23)21-12-16(22)13-4-1-2-5-13/h7-10,13,16,22H,1-6,11-12H2,(H,20,24)(H,21,23). The van der Waals surface area contributed by atoms with Crippen LogP contribution >= 0.6 is 0 Å². The third-order valence-corrected chi connectivity index (χ3v) is 4.42. The zero-order chi connectivity index (χ0) is 17.4. The van der Waals surface area contributed by atoms with Crippen molar-refractivity contribution >= 4 is 11.8 Å². The van der Waals surface area contributed by atoms with Crippen LogP contribution in [0.15, 0.2) is 24.3 Å². The Bertz CT molecular complexity index is 542. The van der Waals surface area contributed by atoms with Gasteiger partial charge < -0.3 is 15.7 Å². The van der Waals surface area contributed by atoms with E-state index in [2.05, 4.69) is 10.6 Å². The van der Waals surface area contributed by atoms with E-state index in [9.17, 15) is 19.1 Å². The molecule has 0 saturated heterocycles. The summed E-state index contributed by atoms with van der Waals surface area (Å²) in [7, 11) is 0. The van der Waals surface area contributed by atoms with Gasteiger partial charge in [-0.05, 0) is 49.4 Å². The highest BCUT2D eigenvalue weighted by molar-refractivity contribution is 5.94. The molecule has 1 aromatic carbocycles.